The van der Waals surface area contributed by atoms with Crippen molar-refractivity contribution >= 4 is 5.70 Å². The number of nitrogens with zero attached hydrogens (tertiary/aromatic N) is 3. The van der Waals surface area contributed by atoms with Gasteiger partial charge in [-0.05, 0) is 32.1 Å². The summed E-state index contributed by atoms with van der Waals surface area (Å²) in [7, 11) is 0. The monoisotopic (exact) mass is 255 g/mol. The maximum absolute atomic E-state index is 11.9. The molecule has 1 aliphatic rings. The molecule has 3 heterocycles. The van der Waals surface area contributed by atoms with Gasteiger partial charge in [-0.25, -0.2) is 9.78 Å². The molecule has 1 aliphatic heterocycles. The molecule has 0 radical (unpaired) electrons. The van der Waals surface area contributed by atoms with Crippen LogP contribution in [-0.2, 0) is 0 Å². The normalized spacial score (nSPS) is 16.2. The molecule has 0 aromatic carbocycles. The third-order valence-electron chi connectivity index (χ3n) is 2.89. The Morgan fingerprint density at radius 3 is 2.95 bits per heavy atom. The Labute approximate surface area is 110 Å². The molecule has 0 spiro atoms. The van der Waals surface area contributed by atoms with Crippen LogP contribution in [0.4, 0.5) is 0 Å². The number of pyridine rings is 1. The predicted octanol–water partition coefficient (Wildman–Crippen LogP) is 1.70. The lowest BCUT2D eigenvalue weighted by molar-refractivity contribution is 0.156. The molecule has 5 heteroatoms. The van der Waals surface area contributed by atoms with E-state index in [-0.39, 0.29) is 5.69 Å². The summed E-state index contributed by atoms with van der Waals surface area (Å²) in [4.78, 5) is 19.7. The van der Waals surface area contributed by atoms with Crippen LogP contribution in [-0.4, -0.2) is 20.1 Å². The highest BCUT2D eigenvalue weighted by atomic mass is 16.5. The summed E-state index contributed by atoms with van der Waals surface area (Å²) in [5, 5.41) is 0. The fourth-order valence-electron chi connectivity index (χ4n) is 2.13. The summed E-state index contributed by atoms with van der Waals surface area (Å²) in [6.07, 6.45) is 8.43. The number of fused-ring (bicyclic) bond motifs is 1. The fraction of sp³-hybridized carbons (Fsp3) is 0.214. The predicted molar refractivity (Wildman–Crippen MR) is 70.8 cm³/mol. The first-order valence-corrected chi connectivity index (χ1v) is 5.97. The highest BCUT2D eigenvalue weighted by molar-refractivity contribution is 5.72. The first-order chi connectivity index (χ1) is 9.07. The van der Waals surface area contributed by atoms with Gasteiger partial charge in [-0.3, -0.25) is 9.55 Å². The minimum atomic E-state index is -0.499. The molecule has 0 atom stereocenters. The summed E-state index contributed by atoms with van der Waals surface area (Å²) in [6.45, 7) is 3.87. The summed E-state index contributed by atoms with van der Waals surface area (Å²) in [5.74, 6) is 0.667. The van der Waals surface area contributed by atoms with E-state index in [2.05, 4.69) is 9.97 Å². The largest absolute Gasteiger partial charge is 0.481 e. The quantitative estimate of drug-likeness (QED) is 0.778. The van der Waals surface area contributed by atoms with Crippen molar-refractivity contribution in [2.75, 3.05) is 0 Å². The van der Waals surface area contributed by atoms with Gasteiger partial charge in [0.2, 0.25) is 0 Å². The number of hydrogen-bond acceptors (Lipinski definition) is 4. The molecule has 0 saturated heterocycles. The maximum atomic E-state index is 11.9. The molecule has 0 fully saturated rings. The van der Waals surface area contributed by atoms with Gasteiger partial charge in [0.1, 0.15) is 11.4 Å². The van der Waals surface area contributed by atoms with Gasteiger partial charge in [0.05, 0.1) is 11.9 Å². The lowest BCUT2D eigenvalue weighted by Crippen LogP contribution is -2.32. The Bertz CT molecular complexity index is 716. The van der Waals surface area contributed by atoms with Gasteiger partial charge >= 0.3 is 5.69 Å². The molecule has 0 amide bonds. The Balaban J connectivity index is 2.27. The summed E-state index contributed by atoms with van der Waals surface area (Å²) in [6, 6.07) is 3.56. The zero-order valence-corrected chi connectivity index (χ0v) is 10.7. The third kappa shape index (κ3) is 2.03. The first kappa shape index (κ1) is 11.6. The molecule has 3 rings (SSSR count). The van der Waals surface area contributed by atoms with Crippen molar-refractivity contribution in [2.24, 2.45) is 0 Å². The molecule has 2 aromatic rings. The van der Waals surface area contributed by atoms with Gasteiger partial charge in [-0.1, -0.05) is 0 Å². The average molecular weight is 255 g/mol. The molecule has 0 N–H and O–H groups in total. The van der Waals surface area contributed by atoms with Crippen molar-refractivity contribution < 1.29 is 4.74 Å². The Kier molecular flexibility index (Phi) is 2.48. The van der Waals surface area contributed by atoms with E-state index in [1.165, 1.54) is 10.8 Å². The van der Waals surface area contributed by atoms with E-state index >= 15 is 0 Å². The standard InChI is InChI=1S/C14H13N3O2/c1-14(2)8-11(17-7-3-5-16-13(17)18)10-4-6-15-9-12(10)19-14/h3-9H,1-2H3. The molecule has 0 saturated carbocycles. The average Bonchev–Trinajstić information content (AvgIpc) is 2.37. The maximum Gasteiger partial charge on any atom is 0.352 e. The highest BCUT2D eigenvalue weighted by Gasteiger charge is 2.27. The van der Waals surface area contributed by atoms with E-state index in [4.69, 9.17) is 4.74 Å². The Morgan fingerprint density at radius 2 is 2.16 bits per heavy atom. The zero-order valence-electron chi connectivity index (χ0n) is 10.7. The smallest absolute Gasteiger partial charge is 0.352 e. The van der Waals surface area contributed by atoms with Crippen LogP contribution in [0.15, 0.2) is 47.8 Å². The van der Waals surface area contributed by atoms with E-state index in [0.29, 0.717) is 5.75 Å². The van der Waals surface area contributed by atoms with Crippen molar-refractivity contribution in [1.29, 1.82) is 0 Å². The van der Waals surface area contributed by atoms with Crippen molar-refractivity contribution in [2.45, 2.75) is 19.4 Å². The molecule has 0 bridgehead atoms. The van der Waals surface area contributed by atoms with Crippen LogP contribution in [0.2, 0.25) is 0 Å². The fourth-order valence-corrected chi connectivity index (χ4v) is 2.13. The minimum Gasteiger partial charge on any atom is -0.481 e. The topological polar surface area (TPSA) is 57.0 Å². The van der Waals surface area contributed by atoms with Crippen LogP contribution in [0.25, 0.3) is 5.70 Å². The van der Waals surface area contributed by atoms with Gasteiger partial charge in [0.15, 0.2) is 0 Å². The molecule has 2 aromatic heterocycles. The summed E-state index contributed by atoms with van der Waals surface area (Å²) >= 11 is 0. The molecule has 5 nitrogen and oxygen atoms in total. The molecule has 0 aliphatic carbocycles. The number of rotatable bonds is 1. The molecule has 19 heavy (non-hydrogen) atoms. The Morgan fingerprint density at radius 1 is 1.32 bits per heavy atom. The molecule has 0 unspecified atom stereocenters. The lowest BCUT2D eigenvalue weighted by Gasteiger charge is -2.30. The number of ether oxygens (including phenoxy) is 1. The second kappa shape index (κ2) is 4.05. The Hall–Kier alpha value is -2.43. The third-order valence-corrected chi connectivity index (χ3v) is 2.89. The van der Waals surface area contributed by atoms with Crippen LogP contribution < -0.4 is 10.4 Å². The van der Waals surface area contributed by atoms with Crippen molar-refractivity contribution in [1.82, 2.24) is 14.5 Å². The highest BCUT2D eigenvalue weighted by Crippen LogP contribution is 2.35. The van der Waals surface area contributed by atoms with Gasteiger partial charge in [-0.2, -0.15) is 0 Å². The minimum absolute atomic E-state index is 0.311. The summed E-state index contributed by atoms with van der Waals surface area (Å²) < 4.78 is 7.35. The zero-order chi connectivity index (χ0) is 13.5. The first-order valence-electron chi connectivity index (χ1n) is 5.97. The van der Waals surface area contributed by atoms with E-state index < -0.39 is 5.60 Å². The van der Waals surface area contributed by atoms with E-state index in [1.807, 2.05) is 26.0 Å². The van der Waals surface area contributed by atoms with E-state index in [1.54, 1.807) is 24.7 Å². The second-order valence-corrected chi connectivity index (χ2v) is 4.88. The van der Waals surface area contributed by atoms with E-state index in [9.17, 15) is 4.79 Å². The summed E-state index contributed by atoms with van der Waals surface area (Å²) in [5.41, 5.74) is 0.797. The SMILES string of the molecule is CC1(C)C=C(n2cccnc2=O)c2ccncc2O1. The van der Waals surface area contributed by atoms with Crippen LogP contribution in [0.5, 0.6) is 5.75 Å². The van der Waals surface area contributed by atoms with Gasteiger partial charge < -0.3 is 4.74 Å². The van der Waals surface area contributed by atoms with Gasteiger partial charge in [0, 0.05) is 24.2 Å². The van der Waals surface area contributed by atoms with Crippen LogP contribution in [0.3, 0.4) is 0 Å². The molecular weight excluding hydrogens is 242 g/mol. The van der Waals surface area contributed by atoms with Crippen molar-refractivity contribution in [3.8, 4) is 5.75 Å². The molecule has 96 valence electrons. The van der Waals surface area contributed by atoms with Crippen molar-refractivity contribution in [3.05, 3.63) is 59.0 Å². The van der Waals surface area contributed by atoms with Gasteiger partial charge in [-0.15, -0.1) is 0 Å². The van der Waals surface area contributed by atoms with Crippen LogP contribution in [0, 0.1) is 0 Å². The van der Waals surface area contributed by atoms with Crippen LogP contribution >= 0.6 is 0 Å². The van der Waals surface area contributed by atoms with E-state index in [0.717, 1.165) is 11.3 Å². The van der Waals surface area contributed by atoms with Crippen LogP contribution in [0.1, 0.15) is 19.4 Å². The van der Waals surface area contributed by atoms with Crippen molar-refractivity contribution in [3.63, 3.8) is 0 Å². The number of hydrogen-bond donors (Lipinski definition) is 0. The lowest BCUT2D eigenvalue weighted by atomic mass is 10.0. The number of aromatic nitrogens is 3. The van der Waals surface area contributed by atoms with Gasteiger partial charge in [0.25, 0.3) is 0 Å². The second-order valence-electron chi connectivity index (χ2n) is 4.88. The molecular formula is C14H13N3O2.